The van der Waals surface area contributed by atoms with Crippen molar-refractivity contribution in [3.8, 4) is 6.07 Å². The molecular weight excluding hydrogens is 234 g/mol. The van der Waals surface area contributed by atoms with Gasteiger partial charge in [0.25, 0.3) is 0 Å². The van der Waals surface area contributed by atoms with Crippen LogP contribution in [0.2, 0.25) is 0 Å². The third kappa shape index (κ3) is 4.78. The summed E-state index contributed by atoms with van der Waals surface area (Å²) in [6, 6.07) is 2.57. The lowest BCUT2D eigenvalue weighted by Gasteiger charge is -2.30. The van der Waals surface area contributed by atoms with Gasteiger partial charge in [0.2, 0.25) is 0 Å². The molecule has 0 radical (unpaired) electrons. The Morgan fingerprint density at radius 2 is 2.11 bits per heavy atom. The molecule has 2 unspecified atom stereocenters. The van der Waals surface area contributed by atoms with E-state index in [1.807, 2.05) is 0 Å². The molecular formula is C16H31N3. The molecule has 3 nitrogen and oxygen atoms in total. The fraction of sp³-hybridized carbons (Fsp3) is 0.938. The van der Waals surface area contributed by atoms with Crippen LogP contribution in [-0.2, 0) is 0 Å². The van der Waals surface area contributed by atoms with Gasteiger partial charge in [0.1, 0.15) is 5.54 Å². The predicted molar refractivity (Wildman–Crippen MR) is 81.0 cm³/mol. The fourth-order valence-corrected chi connectivity index (χ4v) is 3.32. The molecule has 0 aromatic carbocycles. The predicted octanol–water partition coefficient (Wildman–Crippen LogP) is 3.17. The van der Waals surface area contributed by atoms with Gasteiger partial charge in [0.05, 0.1) is 6.07 Å². The summed E-state index contributed by atoms with van der Waals surface area (Å²) in [6.07, 6.45) is 8.51. The quantitative estimate of drug-likeness (QED) is 0.651. The highest BCUT2D eigenvalue weighted by atomic mass is 15.1. The number of hydrogen-bond donors (Lipinski definition) is 1. The fourth-order valence-electron chi connectivity index (χ4n) is 3.32. The van der Waals surface area contributed by atoms with Crippen molar-refractivity contribution in [1.82, 2.24) is 10.2 Å². The molecule has 1 aliphatic rings. The Morgan fingerprint density at radius 3 is 2.74 bits per heavy atom. The van der Waals surface area contributed by atoms with E-state index in [-0.39, 0.29) is 5.54 Å². The second-order valence-electron chi connectivity index (χ2n) is 6.00. The Bertz CT molecular complexity index is 284. The molecule has 110 valence electrons. The van der Waals surface area contributed by atoms with Gasteiger partial charge >= 0.3 is 0 Å². The lowest BCUT2D eigenvalue weighted by molar-refractivity contribution is 0.249. The molecule has 1 N–H and O–H groups in total. The summed E-state index contributed by atoms with van der Waals surface area (Å²) in [6.45, 7) is 7.57. The van der Waals surface area contributed by atoms with Crippen LogP contribution >= 0.6 is 0 Å². The van der Waals surface area contributed by atoms with E-state index in [1.54, 1.807) is 0 Å². The van der Waals surface area contributed by atoms with Crippen molar-refractivity contribution in [3.05, 3.63) is 0 Å². The maximum Gasteiger partial charge on any atom is 0.109 e. The highest BCUT2D eigenvalue weighted by Gasteiger charge is 2.42. The lowest BCUT2D eigenvalue weighted by atomic mass is 9.85. The number of nitrogens with zero attached hydrogens (tertiary/aromatic N) is 2. The van der Waals surface area contributed by atoms with Crippen molar-refractivity contribution in [3.63, 3.8) is 0 Å². The van der Waals surface area contributed by atoms with Crippen molar-refractivity contribution in [1.29, 1.82) is 5.26 Å². The van der Waals surface area contributed by atoms with Gasteiger partial charge in [-0.3, -0.25) is 5.32 Å². The highest BCUT2D eigenvalue weighted by Crippen LogP contribution is 2.37. The van der Waals surface area contributed by atoms with Gasteiger partial charge in [-0.15, -0.1) is 0 Å². The molecule has 0 heterocycles. The number of nitriles is 1. The van der Waals surface area contributed by atoms with E-state index in [2.05, 4.69) is 37.2 Å². The Labute approximate surface area is 119 Å². The Morgan fingerprint density at radius 1 is 1.32 bits per heavy atom. The molecule has 1 rings (SSSR count). The average molecular weight is 265 g/mol. The number of unbranched alkanes of at least 4 members (excludes halogenated alkanes) is 2. The van der Waals surface area contributed by atoms with E-state index >= 15 is 0 Å². The minimum atomic E-state index is -0.237. The van der Waals surface area contributed by atoms with Crippen LogP contribution < -0.4 is 5.32 Å². The molecule has 0 aromatic rings. The van der Waals surface area contributed by atoms with Gasteiger partial charge in [0.15, 0.2) is 0 Å². The van der Waals surface area contributed by atoms with Crippen molar-refractivity contribution < 1.29 is 0 Å². The van der Waals surface area contributed by atoms with E-state index in [0.29, 0.717) is 5.92 Å². The zero-order valence-corrected chi connectivity index (χ0v) is 13.0. The van der Waals surface area contributed by atoms with Gasteiger partial charge in [-0.2, -0.15) is 5.26 Å². The van der Waals surface area contributed by atoms with Crippen LogP contribution in [0, 0.1) is 17.2 Å². The molecule has 0 bridgehead atoms. The van der Waals surface area contributed by atoms with Gasteiger partial charge in [-0.1, -0.05) is 33.1 Å². The Balaban J connectivity index is 2.37. The van der Waals surface area contributed by atoms with Crippen LogP contribution in [0.4, 0.5) is 0 Å². The zero-order chi connectivity index (χ0) is 14.1. The van der Waals surface area contributed by atoms with E-state index < -0.39 is 0 Å². The summed E-state index contributed by atoms with van der Waals surface area (Å²) < 4.78 is 0. The van der Waals surface area contributed by atoms with E-state index in [4.69, 9.17) is 0 Å². The van der Waals surface area contributed by atoms with E-state index in [1.165, 1.54) is 38.6 Å². The van der Waals surface area contributed by atoms with Gasteiger partial charge in [0, 0.05) is 0 Å². The van der Waals surface area contributed by atoms with Crippen LogP contribution in [0.1, 0.15) is 58.8 Å². The molecule has 0 amide bonds. The SMILES string of the molecule is CCCCCN(C)CCC1CCCC1(C#N)NCC. The van der Waals surface area contributed by atoms with Crippen molar-refractivity contribution in [2.24, 2.45) is 5.92 Å². The first-order chi connectivity index (χ1) is 9.18. The summed E-state index contributed by atoms with van der Waals surface area (Å²) >= 11 is 0. The van der Waals surface area contributed by atoms with Crippen molar-refractivity contribution >= 4 is 0 Å². The topological polar surface area (TPSA) is 39.1 Å². The molecule has 0 spiro atoms. The molecule has 1 fully saturated rings. The monoisotopic (exact) mass is 265 g/mol. The molecule has 0 saturated heterocycles. The number of rotatable bonds is 9. The highest BCUT2D eigenvalue weighted by molar-refractivity contribution is 5.13. The van der Waals surface area contributed by atoms with Crippen LogP contribution in [0.5, 0.6) is 0 Å². The average Bonchev–Trinajstić information content (AvgIpc) is 2.80. The lowest BCUT2D eigenvalue weighted by Crippen LogP contribution is -2.47. The largest absolute Gasteiger partial charge is 0.306 e. The minimum absolute atomic E-state index is 0.237. The van der Waals surface area contributed by atoms with Gasteiger partial charge in [-0.05, 0) is 58.3 Å². The first kappa shape index (κ1) is 16.5. The maximum absolute atomic E-state index is 9.53. The summed E-state index contributed by atoms with van der Waals surface area (Å²) in [5, 5.41) is 13.0. The van der Waals surface area contributed by atoms with Gasteiger partial charge < -0.3 is 4.90 Å². The number of hydrogen-bond acceptors (Lipinski definition) is 3. The van der Waals surface area contributed by atoms with E-state index in [9.17, 15) is 5.26 Å². The molecule has 1 aliphatic carbocycles. The normalized spacial score (nSPS) is 26.8. The van der Waals surface area contributed by atoms with Crippen LogP contribution in [0.25, 0.3) is 0 Å². The zero-order valence-electron chi connectivity index (χ0n) is 13.0. The second kappa shape index (κ2) is 8.55. The molecule has 0 aromatic heterocycles. The van der Waals surface area contributed by atoms with Crippen molar-refractivity contribution in [2.75, 3.05) is 26.7 Å². The van der Waals surface area contributed by atoms with Crippen LogP contribution in [0.3, 0.4) is 0 Å². The molecule has 3 heteroatoms. The third-order valence-electron chi connectivity index (χ3n) is 4.52. The first-order valence-electron chi connectivity index (χ1n) is 8.03. The van der Waals surface area contributed by atoms with Gasteiger partial charge in [-0.25, -0.2) is 0 Å². The molecule has 2 atom stereocenters. The van der Waals surface area contributed by atoms with Crippen molar-refractivity contribution in [2.45, 2.75) is 64.3 Å². The third-order valence-corrected chi connectivity index (χ3v) is 4.52. The Hall–Kier alpha value is -0.590. The standard InChI is InChI=1S/C16H31N3/c1-4-6-7-12-19(3)13-10-15-9-8-11-16(15,14-17)18-5-2/h15,18H,4-13H2,1-3H3. The van der Waals surface area contributed by atoms with E-state index in [0.717, 1.165) is 25.9 Å². The minimum Gasteiger partial charge on any atom is -0.306 e. The summed E-state index contributed by atoms with van der Waals surface area (Å²) in [5.41, 5.74) is -0.237. The summed E-state index contributed by atoms with van der Waals surface area (Å²) in [7, 11) is 2.21. The Kier molecular flexibility index (Phi) is 7.41. The first-order valence-corrected chi connectivity index (χ1v) is 8.03. The summed E-state index contributed by atoms with van der Waals surface area (Å²) in [5.74, 6) is 0.533. The smallest absolute Gasteiger partial charge is 0.109 e. The molecule has 0 aliphatic heterocycles. The molecule has 1 saturated carbocycles. The summed E-state index contributed by atoms with van der Waals surface area (Å²) in [4.78, 5) is 2.43. The van der Waals surface area contributed by atoms with Crippen LogP contribution in [-0.4, -0.2) is 37.1 Å². The second-order valence-corrected chi connectivity index (χ2v) is 6.00. The maximum atomic E-state index is 9.53. The van der Waals surface area contributed by atoms with Crippen LogP contribution in [0.15, 0.2) is 0 Å². The number of nitrogens with one attached hydrogen (secondary N) is 1. The molecule has 19 heavy (non-hydrogen) atoms.